The van der Waals surface area contributed by atoms with Gasteiger partial charge >= 0.3 is 5.97 Å². The molecule has 4 heterocycles. The molecule has 0 radical (unpaired) electrons. The first-order chi connectivity index (χ1) is 14.3. The van der Waals surface area contributed by atoms with Gasteiger partial charge in [-0.3, -0.25) is 34.0 Å². The van der Waals surface area contributed by atoms with Gasteiger partial charge in [0.1, 0.15) is 6.08 Å². The second kappa shape index (κ2) is 10.9. The standard InChI is InChI=1S/C8H7NO3.C5H4O2.C4H8O2.C4H3O/c10-7-5-3-1-2-4(12-3)6(5)8(11)9-7;6-4-1-2-5(7)3-4;1-3-6-4(2)5;1-2-4-5-3-1/h1-6H,(H,9,10,11);1-2H,3H2;3H2,1-2H3;1-3H/q;;;+1/t3?,4?,5-,6+;;;. The van der Waals surface area contributed by atoms with Crippen LogP contribution in [0.2, 0.25) is 0 Å². The van der Waals surface area contributed by atoms with E-state index < -0.39 is 0 Å². The summed E-state index contributed by atoms with van der Waals surface area (Å²) in [6.07, 6.45) is 13.6. The Morgan fingerprint density at radius 2 is 1.67 bits per heavy atom. The highest BCUT2D eigenvalue weighted by Gasteiger charge is 2.57. The largest absolute Gasteiger partial charge is 0.466 e. The quantitative estimate of drug-likeness (QED) is 0.218. The summed E-state index contributed by atoms with van der Waals surface area (Å²) in [5, 5.41) is 2.32. The lowest BCUT2D eigenvalue weighted by Crippen LogP contribution is -2.27. The van der Waals surface area contributed by atoms with Crippen LogP contribution in [0, 0.1) is 18.1 Å². The number of ether oxygens (including phenoxy) is 3. The second-order valence-corrected chi connectivity index (χ2v) is 6.45. The normalized spacial score (nSPS) is 27.7. The van der Waals surface area contributed by atoms with E-state index in [2.05, 4.69) is 21.1 Å². The van der Waals surface area contributed by atoms with E-state index in [1.807, 2.05) is 12.2 Å². The number of carbonyl (C=O) groups excluding carboxylic acids is 5. The van der Waals surface area contributed by atoms with Crippen LogP contribution in [-0.4, -0.2) is 48.2 Å². The summed E-state index contributed by atoms with van der Waals surface area (Å²) in [4.78, 5) is 52.5. The summed E-state index contributed by atoms with van der Waals surface area (Å²) in [7, 11) is 0. The van der Waals surface area contributed by atoms with E-state index in [0.717, 1.165) is 0 Å². The van der Waals surface area contributed by atoms with Crippen LogP contribution >= 0.6 is 0 Å². The summed E-state index contributed by atoms with van der Waals surface area (Å²) in [5.41, 5.74) is 0. The van der Waals surface area contributed by atoms with Crippen molar-refractivity contribution in [1.29, 1.82) is 0 Å². The molecule has 4 aliphatic heterocycles. The fraction of sp³-hybridized carbons (Fsp3) is 0.381. The molecule has 1 aliphatic carbocycles. The third kappa shape index (κ3) is 6.30. The lowest BCUT2D eigenvalue weighted by Gasteiger charge is -2.10. The predicted molar refractivity (Wildman–Crippen MR) is 102 cm³/mol. The van der Waals surface area contributed by atoms with E-state index >= 15 is 0 Å². The molecule has 30 heavy (non-hydrogen) atoms. The lowest BCUT2D eigenvalue weighted by molar-refractivity contribution is -0.140. The van der Waals surface area contributed by atoms with Gasteiger partial charge in [-0.25, -0.2) is 0 Å². The molecule has 0 aromatic rings. The Balaban J connectivity index is 0.000000154. The number of rotatable bonds is 1. The summed E-state index contributed by atoms with van der Waals surface area (Å²) in [5.74, 6) is -1.24. The van der Waals surface area contributed by atoms with Gasteiger partial charge in [0, 0.05) is 6.92 Å². The van der Waals surface area contributed by atoms with Gasteiger partial charge in [-0.1, -0.05) is 12.2 Å². The number of imide groups is 1. The maximum Gasteiger partial charge on any atom is 0.302 e. The predicted octanol–water partition coefficient (Wildman–Crippen LogP) is 0.713. The highest BCUT2D eigenvalue weighted by atomic mass is 16.5. The van der Waals surface area contributed by atoms with Crippen molar-refractivity contribution in [3.05, 3.63) is 49.0 Å². The first-order valence-corrected chi connectivity index (χ1v) is 9.28. The summed E-state index contributed by atoms with van der Waals surface area (Å²) < 4.78 is 14.2. The molecule has 9 nitrogen and oxygen atoms in total. The van der Waals surface area contributed by atoms with Crippen LogP contribution in [0.5, 0.6) is 0 Å². The number of amides is 2. The van der Waals surface area contributed by atoms with Gasteiger partial charge in [0.05, 0.1) is 37.1 Å². The Bertz CT molecular complexity index is 769. The van der Waals surface area contributed by atoms with Crippen LogP contribution in [0.4, 0.5) is 0 Å². The zero-order chi connectivity index (χ0) is 22.1. The van der Waals surface area contributed by atoms with E-state index in [1.165, 1.54) is 19.1 Å². The molecule has 2 fully saturated rings. The number of hydrogen-bond donors (Lipinski definition) is 1. The van der Waals surface area contributed by atoms with Crippen LogP contribution in [-0.2, 0) is 38.2 Å². The highest BCUT2D eigenvalue weighted by molar-refractivity contribution is 6.16. The van der Waals surface area contributed by atoms with Crippen molar-refractivity contribution in [2.45, 2.75) is 32.5 Å². The summed E-state index contributed by atoms with van der Waals surface area (Å²) >= 11 is 0. The minimum absolute atomic E-state index is 0.0787. The number of esters is 1. The third-order valence-electron chi connectivity index (χ3n) is 4.28. The molecule has 0 aromatic carbocycles. The first kappa shape index (κ1) is 22.9. The number of hydrogen-bond acceptors (Lipinski definition) is 8. The molecular formula is C21H22NO8+. The molecule has 158 valence electrons. The van der Waals surface area contributed by atoms with Crippen molar-refractivity contribution in [2.75, 3.05) is 6.61 Å². The smallest absolute Gasteiger partial charge is 0.302 e. The van der Waals surface area contributed by atoms with Crippen molar-refractivity contribution < 1.29 is 38.2 Å². The highest BCUT2D eigenvalue weighted by Crippen LogP contribution is 2.41. The van der Waals surface area contributed by atoms with Gasteiger partial charge in [-0.15, -0.1) is 0 Å². The molecule has 9 heteroatoms. The molecular weight excluding hydrogens is 394 g/mol. The Morgan fingerprint density at radius 1 is 1.10 bits per heavy atom. The molecule has 2 amide bonds. The monoisotopic (exact) mass is 416 g/mol. The van der Waals surface area contributed by atoms with Gasteiger partial charge in [-0.05, 0) is 19.1 Å². The maximum absolute atomic E-state index is 11.2. The van der Waals surface area contributed by atoms with E-state index in [1.54, 1.807) is 25.3 Å². The molecule has 5 rings (SSSR count). The van der Waals surface area contributed by atoms with Crippen molar-refractivity contribution in [3.8, 4) is 0 Å². The Kier molecular flexibility index (Phi) is 8.34. The van der Waals surface area contributed by atoms with E-state index in [0.29, 0.717) is 6.61 Å². The minimum atomic E-state index is -0.257. The van der Waals surface area contributed by atoms with E-state index in [9.17, 15) is 24.0 Å². The minimum Gasteiger partial charge on any atom is -0.466 e. The number of nitrogens with one attached hydrogen (secondary N) is 1. The molecule has 2 bridgehead atoms. The van der Waals surface area contributed by atoms with Crippen LogP contribution < -0.4 is 5.32 Å². The number of allylic oxidation sites excluding steroid dienone is 4. The number of carbonyl (C=O) groups is 5. The van der Waals surface area contributed by atoms with Crippen molar-refractivity contribution >= 4 is 29.4 Å². The SMILES string of the molecule is CCOC(C)=O.O=C1C=CC(=O)C1.O=C1NC(=O)[C@H]2C3C=CC(O3)[C@@H]12.[C+]1=CC=CO1. The number of fused-ring (bicyclic) bond motifs is 5. The molecule has 5 aliphatic rings. The fourth-order valence-electron chi connectivity index (χ4n) is 3.10. The van der Waals surface area contributed by atoms with Crippen LogP contribution in [0.25, 0.3) is 0 Å². The third-order valence-corrected chi connectivity index (χ3v) is 4.28. The topological polar surface area (TPSA) is 125 Å². The van der Waals surface area contributed by atoms with Gasteiger partial charge in [0.2, 0.25) is 18.1 Å². The fourth-order valence-corrected chi connectivity index (χ4v) is 3.10. The van der Waals surface area contributed by atoms with Crippen molar-refractivity contribution in [1.82, 2.24) is 5.32 Å². The van der Waals surface area contributed by atoms with Gasteiger partial charge < -0.3 is 9.47 Å². The second-order valence-electron chi connectivity index (χ2n) is 6.45. The van der Waals surface area contributed by atoms with Crippen molar-refractivity contribution in [2.24, 2.45) is 11.8 Å². The first-order valence-electron chi connectivity index (χ1n) is 9.28. The zero-order valence-electron chi connectivity index (χ0n) is 16.5. The molecule has 1 N–H and O–H groups in total. The van der Waals surface area contributed by atoms with Crippen LogP contribution in [0.1, 0.15) is 20.3 Å². The molecule has 0 spiro atoms. The van der Waals surface area contributed by atoms with Crippen LogP contribution in [0.15, 0.2) is 42.7 Å². The van der Waals surface area contributed by atoms with Crippen LogP contribution in [0.3, 0.4) is 0 Å². The Morgan fingerprint density at radius 3 is 1.93 bits per heavy atom. The van der Waals surface area contributed by atoms with E-state index in [4.69, 9.17) is 4.74 Å². The molecule has 0 saturated carbocycles. The zero-order valence-corrected chi connectivity index (χ0v) is 16.5. The van der Waals surface area contributed by atoms with Gasteiger partial charge in [-0.2, -0.15) is 0 Å². The average Bonchev–Trinajstić information content (AvgIpc) is 3.49. The molecule has 2 saturated heterocycles. The Labute approximate surface area is 173 Å². The van der Waals surface area contributed by atoms with Gasteiger partial charge in [0.25, 0.3) is 6.26 Å². The average molecular weight is 416 g/mol. The summed E-state index contributed by atoms with van der Waals surface area (Å²) in [6, 6.07) is 0. The Hall–Kier alpha value is -3.42. The molecule has 2 unspecified atom stereocenters. The summed E-state index contributed by atoms with van der Waals surface area (Å²) in [6.45, 7) is 3.65. The molecule has 0 aromatic heterocycles. The molecule has 4 atom stereocenters. The maximum atomic E-state index is 11.2. The van der Waals surface area contributed by atoms with E-state index in [-0.39, 0.29) is 59.8 Å². The van der Waals surface area contributed by atoms with Crippen molar-refractivity contribution in [3.63, 3.8) is 0 Å². The number of ketones is 2. The lowest BCUT2D eigenvalue weighted by atomic mass is 9.85. The van der Waals surface area contributed by atoms with Gasteiger partial charge in [0.15, 0.2) is 17.6 Å².